The second kappa shape index (κ2) is 4.36. The van der Waals surface area contributed by atoms with Crippen molar-refractivity contribution in [2.24, 2.45) is 0 Å². The molecular formula is C10H22O3Si3. The van der Waals surface area contributed by atoms with E-state index in [1.165, 1.54) is 0 Å². The van der Waals surface area contributed by atoms with Crippen molar-refractivity contribution in [2.45, 2.75) is 38.3 Å². The molecule has 1 rings (SSSR count). The number of rotatable bonds is 3. The van der Waals surface area contributed by atoms with Gasteiger partial charge < -0.3 is 12.3 Å². The van der Waals surface area contributed by atoms with Gasteiger partial charge in [0.15, 0.2) is 0 Å². The van der Waals surface area contributed by atoms with Crippen molar-refractivity contribution >= 4 is 25.7 Å². The van der Waals surface area contributed by atoms with Crippen molar-refractivity contribution in [3.8, 4) is 0 Å². The maximum absolute atomic E-state index is 6.17. The van der Waals surface area contributed by atoms with Crippen LogP contribution in [-0.2, 0) is 12.3 Å². The van der Waals surface area contributed by atoms with Gasteiger partial charge in [-0.15, -0.1) is 13.2 Å². The molecule has 0 spiro atoms. The SMILES string of the molecule is C=CC(C=C)[Si]1(C)O[Si](C)(C)O[Si](C)(C)O1. The van der Waals surface area contributed by atoms with E-state index in [0.29, 0.717) is 0 Å². The van der Waals surface area contributed by atoms with Crippen LogP contribution < -0.4 is 0 Å². The quantitative estimate of drug-likeness (QED) is 0.584. The Labute approximate surface area is 102 Å². The van der Waals surface area contributed by atoms with Gasteiger partial charge >= 0.3 is 25.7 Å². The van der Waals surface area contributed by atoms with Crippen LogP contribution in [0.3, 0.4) is 0 Å². The average Bonchev–Trinajstić information content (AvgIpc) is 1.97. The standard InChI is InChI=1S/C10H22O3Si3/c1-8-10(9-2)16(7)12-14(3,4)11-15(5,6)13-16/h8-10H,1-2H2,3-7H3. The van der Waals surface area contributed by atoms with Crippen LogP contribution in [0, 0.1) is 0 Å². The van der Waals surface area contributed by atoms with Crippen molar-refractivity contribution in [3.63, 3.8) is 0 Å². The van der Waals surface area contributed by atoms with Crippen LogP contribution in [0.2, 0.25) is 38.3 Å². The van der Waals surface area contributed by atoms with E-state index in [1.807, 2.05) is 12.2 Å². The second-order valence-corrected chi connectivity index (χ2v) is 15.9. The van der Waals surface area contributed by atoms with Crippen LogP contribution >= 0.6 is 0 Å². The smallest absolute Gasteiger partial charge is 0.328 e. The van der Waals surface area contributed by atoms with Crippen molar-refractivity contribution in [2.75, 3.05) is 0 Å². The van der Waals surface area contributed by atoms with Gasteiger partial charge in [0, 0.05) is 5.54 Å². The van der Waals surface area contributed by atoms with Crippen LogP contribution in [0.25, 0.3) is 0 Å². The number of allylic oxidation sites excluding steroid dienone is 2. The average molecular weight is 275 g/mol. The Morgan fingerprint density at radius 1 is 0.812 bits per heavy atom. The lowest BCUT2D eigenvalue weighted by Crippen LogP contribution is -2.66. The monoisotopic (exact) mass is 274 g/mol. The molecule has 0 aromatic rings. The van der Waals surface area contributed by atoms with Gasteiger partial charge in [-0.25, -0.2) is 0 Å². The summed E-state index contributed by atoms with van der Waals surface area (Å²) >= 11 is 0. The lowest BCUT2D eigenvalue weighted by molar-refractivity contribution is 0.230. The molecule has 3 nitrogen and oxygen atoms in total. The third-order valence-electron chi connectivity index (χ3n) is 2.50. The van der Waals surface area contributed by atoms with Crippen molar-refractivity contribution < 1.29 is 12.3 Å². The predicted molar refractivity (Wildman–Crippen MR) is 74.0 cm³/mol. The molecule has 0 bridgehead atoms. The Bertz CT molecular complexity index is 278. The normalized spacial score (nSPS) is 26.4. The molecule has 1 aliphatic rings. The van der Waals surface area contributed by atoms with E-state index in [-0.39, 0.29) is 5.54 Å². The van der Waals surface area contributed by atoms with E-state index >= 15 is 0 Å². The maximum atomic E-state index is 6.17. The molecule has 92 valence electrons. The van der Waals surface area contributed by atoms with E-state index in [9.17, 15) is 0 Å². The van der Waals surface area contributed by atoms with Gasteiger partial charge in [0.2, 0.25) is 0 Å². The van der Waals surface area contributed by atoms with Crippen LogP contribution in [0.4, 0.5) is 0 Å². The summed E-state index contributed by atoms with van der Waals surface area (Å²) in [6.07, 6.45) is 3.75. The molecule has 1 fully saturated rings. The molecule has 0 aromatic heterocycles. The Balaban J connectivity index is 3.04. The van der Waals surface area contributed by atoms with Gasteiger partial charge in [0.05, 0.1) is 0 Å². The van der Waals surface area contributed by atoms with Crippen molar-refractivity contribution in [3.05, 3.63) is 25.3 Å². The van der Waals surface area contributed by atoms with Crippen LogP contribution in [0.5, 0.6) is 0 Å². The van der Waals surface area contributed by atoms with E-state index in [1.54, 1.807) is 0 Å². The molecule has 0 radical (unpaired) electrons. The summed E-state index contributed by atoms with van der Waals surface area (Å²) in [5.74, 6) is 0. The Hall–Kier alpha value is 0.0106. The van der Waals surface area contributed by atoms with Gasteiger partial charge in [0.1, 0.15) is 0 Å². The zero-order chi connectivity index (χ0) is 12.6. The molecule has 0 N–H and O–H groups in total. The van der Waals surface area contributed by atoms with Crippen molar-refractivity contribution in [1.29, 1.82) is 0 Å². The van der Waals surface area contributed by atoms with E-state index in [4.69, 9.17) is 12.3 Å². The lowest BCUT2D eigenvalue weighted by atomic mass is 10.4. The predicted octanol–water partition coefficient (Wildman–Crippen LogP) is 3.27. The highest BCUT2D eigenvalue weighted by Crippen LogP contribution is 2.37. The fourth-order valence-electron chi connectivity index (χ4n) is 2.29. The number of hydrogen-bond acceptors (Lipinski definition) is 3. The topological polar surface area (TPSA) is 27.7 Å². The molecule has 0 unspecified atom stereocenters. The molecule has 1 heterocycles. The molecule has 0 amide bonds. The summed E-state index contributed by atoms with van der Waals surface area (Å²) in [5.41, 5.74) is 0.120. The minimum Gasteiger partial charge on any atom is -0.416 e. The van der Waals surface area contributed by atoms with Gasteiger partial charge in [-0.1, -0.05) is 12.2 Å². The Morgan fingerprint density at radius 3 is 1.50 bits per heavy atom. The Kier molecular flexibility index (Phi) is 3.83. The highest BCUT2D eigenvalue weighted by molar-refractivity contribution is 6.93. The first-order valence-corrected chi connectivity index (χ1v) is 13.5. The van der Waals surface area contributed by atoms with Crippen LogP contribution in [0.1, 0.15) is 0 Å². The third-order valence-corrected chi connectivity index (χ3v) is 15.3. The molecular weight excluding hydrogens is 252 g/mol. The first kappa shape index (κ1) is 14.1. The van der Waals surface area contributed by atoms with E-state index in [0.717, 1.165) is 0 Å². The summed E-state index contributed by atoms with van der Waals surface area (Å²) in [4.78, 5) is 0. The molecule has 16 heavy (non-hydrogen) atoms. The zero-order valence-corrected chi connectivity index (χ0v) is 13.9. The molecule has 1 aliphatic heterocycles. The Morgan fingerprint density at radius 2 is 1.19 bits per heavy atom. The van der Waals surface area contributed by atoms with Crippen LogP contribution in [0.15, 0.2) is 25.3 Å². The summed E-state index contributed by atoms with van der Waals surface area (Å²) in [7, 11) is -6.38. The fraction of sp³-hybridized carbons (Fsp3) is 0.600. The molecule has 0 saturated carbocycles. The highest BCUT2D eigenvalue weighted by Gasteiger charge is 2.54. The second-order valence-electron chi connectivity index (χ2n) is 5.12. The largest absolute Gasteiger partial charge is 0.416 e. The fourth-order valence-corrected chi connectivity index (χ4v) is 18.4. The molecule has 0 atom stereocenters. The van der Waals surface area contributed by atoms with E-state index < -0.39 is 25.7 Å². The minimum atomic E-state index is -2.27. The maximum Gasteiger partial charge on any atom is 0.328 e. The van der Waals surface area contributed by atoms with Gasteiger partial charge in [-0.3, -0.25) is 0 Å². The van der Waals surface area contributed by atoms with Gasteiger partial charge in [-0.05, 0) is 32.7 Å². The van der Waals surface area contributed by atoms with Crippen LogP contribution in [-0.4, -0.2) is 25.7 Å². The lowest BCUT2D eigenvalue weighted by Gasteiger charge is -2.49. The van der Waals surface area contributed by atoms with Gasteiger partial charge in [-0.2, -0.15) is 0 Å². The summed E-state index contributed by atoms with van der Waals surface area (Å²) in [5, 5.41) is 0. The molecule has 6 heteroatoms. The van der Waals surface area contributed by atoms with Gasteiger partial charge in [0.25, 0.3) is 0 Å². The van der Waals surface area contributed by atoms with E-state index in [2.05, 4.69) is 45.9 Å². The molecule has 1 saturated heterocycles. The zero-order valence-electron chi connectivity index (χ0n) is 10.9. The molecule has 0 aliphatic carbocycles. The molecule has 0 aromatic carbocycles. The first-order valence-electron chi connectivity index (χ1n) is 5.50. The number of hydrogen-bond donors (Lipinski definition) is 0. The highest BCUT2D eigenvalue weighted by atomic mass is 28.5. The summed E-state index contributed by atoms with van der Waals surface area (Å²) in [6.45, 7) is 18.1. The summed E-state index contributed by atoms with van der Waals surface area (Å²) in [6, 6.07) is 0. The summed E-state index contributed by atoms with van der Waals surface area (Å²) < 4.78 is 18.3. The third kappa shape index (κ3) is 3.02. The van der Waals surface area contributed by atoms with Crippen molar-refractivity contribution in [1.82, 2.24) is 0 Å². The first-order chi connectivity index (χ1) is 7.14. The minimum absolute atomic E-state index is 0.120.